The van der Waals surface area contributed by atoms with Crippen LogP contribution in [0.4, 0.5) is 10.1 Å². The van der Waals surface area contributed by atoms with Crippen LogP contribution in [0.1, 0.15) is 55.7 Å². The molecular formula is C28H39FN4O4S. The van der Waals surface area contributed by atoms with Crippen molar-refractivity contribution in [2.24, 2.45) is 0 Å². The molecule has 0 spiro atoms. The van der Waals surface area contributed by atoms with Gasteiger partial charge in [-0.25, -0.2) is 8.70 Å². The maximum Gasteiger partial charge on any atom is 0.304 e. The van der Waals surface area contributed by atoms with Crippen molar-refractivity contribution in [1.29, 1.82) is 0 Å². The van der Waals surface area contributed by atoms with Crippen molar-refractivity contribution in [1.82, 2.24) is 14.5 Å². The van der Waals surface area contributed by atoms with E-state index >= 15 is 0 Å². The van der Waals surface area contributed by atoms with Crippen LogP contribution in [0, 0.1) is 19.7 Å². The summed E-state index contributed by atoms with van der Waals surface area (Å²) in [7, 11) is -1.22. The van der Waals surface area contributed by atoms with Crippen LogP contribution in [0.2, 0.25) is 0 Å². The molecule has 0 bridgehead atoms. The third-order valence-electron chi connectivity index (χ3n) is 7.04. The van der Waals surface area contributed by atoms with Crippen LogP contribution in [0.3, 0.4) is 0 Å². The molecule has 10 heteroatoms. The number of carbonyl (C=O) groups excluding carboxylic acids is 2. The Morgan fingerprint density at radius 1 is 1.03 bits per heavy atom. The molecule has 0 heterocycles. The maximum atomic E-state index is 13.8. The number of benzene rings is 2. The third kappa shape index (κ3) is 7.32. The van der Waals surface area contributed by atoms with Crippen LogP contribution in [0.15, 0.2) is 42.5 Å². The molecule has 1 atom stereocenters. The van der Waals surface area contributed by atoms with Crippen molar-refractivity contribution < 1.29 is 22.4 Å². The van der Waals surface area contributed by atoms with E-state index in [0.717, 1.165) is 46.3 Å². The summed E-state index contributed by atoms with van der Waals surface area (Å²) in [6, 6.07) is 10.3. The van der Waals surface area contributed by atoms with Crippen molar-refractivity contribution in [2.75, 3.05) is 24.9 Å². The average molecular weight is 547 g/mol. The molecule has 1 saturated carbocycles. The Morgan fingerprint density at radius 3 is 2.26 bits per heavy atom. The fourth-order valence-electron chi connectivity index (χ4n) is 4.63. The monoisotopic (exact) mass is 546 g/mol. The second kappa shape index (κ2) is 12.7. The second-order valence-corrected chi connectivity index (χ2v) is 12.3. The highest BCUT2D eigenvalue weighted by molar-refractivity contribution is 7.90. The van der Waals surface area contributed by atoms with Crippen LogP contribution in [-0.4, -0.2) is 62.2 Å². The zero-order valence-corrected chi connectivity index (χ0v) is 23.7. The fourth-order valence-corrected chi connectivity index (χ4v) is 5.74. The minimum Gasteiger partial charge on any atom is -0.352 e. The third-order valence-corrected chi connectivity index (χ3v) is 8.84. The highest BCUT2D eigenvalue weighted by Crippen LogP contribution is 2.26. The summed E-state index contributed by atoms with van der Waals surface area (Å²) in [6.07, 6.45) is 5.03. The molecule has 0 saturated heterocycles. The van der Waals surface area contributed by atoms with Crippen LogP contribution in [0.25, 0.3) is 0 Å². The van der Waals surface area contributed by atoms with E-state index in [2.05, 4.69) is 5.32 Å². The van der Waals surface area contributed by atoms with Crippen LogP contribution in [-0.2, 0) is 26.3 Å². The Bertz CT molecular complexity index is 1230. The number of amides is 2. The van der Waals surface area contributed by atoms with Gasteiger partial charge in [-0.1, -0.05) is 43.5 Å². The summed E-state index contributed by atoms with van der Waals surface area (Å²) in [5, 5.41) is 3.07. The summed E-state index contributed by atoms with van der Waals surface area (Å²) in [5.74, 6) is -1.24. The van der Waals surface area contributed by atoms with Crippen LogP contribution in [0.5, 0.6) is 0 Å². The van der Waals surface area contributed by atoms with Gasteiger partial charge in [0.05, 0.1) is 5.69 Å². The number of halogens is 1. The highest BCUT2D eigenvalue weighted by atomic mass is 32.2. The first-order valence-corrected chi connectivity index (χ1v) is 14.4. The van der Waals surface area contributed by atoms with Crippen LogP contribution < -0.4 is 9.62 Å². The first kappa shape index (κ1) is 29.6. The van der Waals surface area contributed by atoms with Gasteiger partial charge in [-0.3, -0.25) is 9.59 Å². The number of nitrogens with one attached hydrogen (secondary N) is 1. The van der Waals surface area contributed by atoms with Gasteiger partial charge in [-0.2, -0.15) is 12.7 Å². The maximum absolute atomic E-state index is 13.8. The summed E-state index contributed by atoms with van der Waals surface area (Å²) in [6.45, 7) is 4.81. The average Bonchev–Trinajstić information content (AvgIpc) is 2.88. The molecule has 0 unspecified atom stereocenters. The Hall–Kier alpha value is -2.98. The lowest BCUT2D eigenvalue weighted by atomic mass is 9.95. The predicted octanol–water partition coefficient (Wildman–Crippen LogP) is 3.92. The van der Waals surface area contributed by atoms with E-state index in [0.29, 0.717) is 16.8 Å². The first-order chi connectivity index (χ1) is 17.9. The van der Waals surface area contributed by atoms with E-state index in [1.165, 1.54) is 31.1 Å². The largest absolute Gasteiger partial charge is 0.352 e. The number of rotatable bonds is 10. The Kier molecular flexibility index (Phi) is 9.89. The smallest absolute Gasteiger partial charge is 0.304 e. The van der Waals surface area contributed by atoms with E-state index < -0.39 is 34.5 Å². The lowest BCUT2D eigenvalue weighted by molar-refractivity contribution is -0.139. The van der Waals surface area contributed by atoms with Gasteiger partial charge < -0.3 is 10.2 Å². The molecule has 2 amide bonds. The highest BCUT2D eigenvalue weighted by Gasteiger charge is 2.34. The van der Waals surface area contributed by atoms with Gasteiger partial charge in [0.1, 0.15) is 18.4 Å². The van der Waals surface area contributed by atoms with Gasteiger partial charge in [0, 0.05) is 26.7 Å². The van der Waals surface area contributed by atoms with Gasteiger partial charge in [0.2, 0.25) is 11.8 Å². The Balaban J connectivity index is 1.94. The molecule has 1 aliphatic rings. The second-order valence-electron chi connectivity index (χ2n) is 10.3. The number of carbonyl (C=O) groups is 2. The first-order valence-electron chi connectivity index (χ1n) is 13.0. The number of anilines is 1. The Labute approximate surface area is 226 Å². The normalized spacial score (nSPS) is 15.2. The molecule has 0 aromatic heterocycles. The number of aryl methyl sites for hydroxylation is 2. The zero-order chi connectivity index (χ0) is 28.0. The zero-order valence-electron chi connectivity index (χ0n) is 22.9. The lowest BCUT2D eigenvalue weighted by Crippen LogP contribution is -2.53. The molecule has 3 rings (SSSR count). The molecule has 8 nitrogen and oxygen atoms in total. The molecule has 2 aromatic carbocycles. The molecule has 38 heavy (non-hydrogen) atoms. The van der Waals surface area contributed by atoms with E-state index in [1.807, 2.05) is 19.1 Å². The van der Waals surface area contributed by atoms with E-state index in [4.69, 9.17) is 0 Å². The molecule has 1 fully saturated rings. The van der Waals surface area contributed by atoms with Crippen molar-refractivity contribution in [2.45, 2.75) is 71.5 Å². The molecule has 208 valence electrons. The minimum absolute atomic E-state index is 0.0288. The number of nitrogens with zero attached hydrogens (tertiary/aromatic N) is 3. The fraction of sp³-hybridized carbons (Fsp3) is 0.500. The SMILES string of the molecule is Cc1ccc(C)c(N(CC(=O)N(Cc2ccc(F)cc2)[C@H](C)C(=O)NC2CCCCC2)S(=O)(=O)N(C)C)c1. The van der Waals surface area contributed by atoms with Crippen LogP contribution >= 0.6 is 0 Å². The molecule has 0 aliphatic heterocycles. The van der Waals surface area contributed by atoms with Crippen molar-refractivity contribution in [3.8, 4) is 0 Å². The van der Waals surface area contributed by atoms with Gasteiger partial charge in [-0.15, -0.1) is 0 Å². The molecule has 1 aliphatic carbocycles. The van der Waals surface area contributed by atoms with Gasteiger partial charge in [0.15, 0.2) is 0 Å². The quantitative estimate of drug-likeness (QED) is 0.489. The topological polar surface area (TPSA) is 90.0 Å². The summed E-state index contributed by atoms with van der Waals surface area (Å²) >= 11 is 0. The number of hydrogen-bond acceptors (Lipinski definition) is 4. The minimum atomic E-state index is -4.04. The summed E-state index contributed by atoms with van der Waals surface area (Å²) in [5.41, 5.74) is 2.57. The van der Waals surface area contributed by atoms with E-state index in [1.54, 1.807) is 32.0 Å². The van der Waals surface area contributed by atoms with E-state index in [-0.39, 0.29) is 18.5 Å². The summed E-state index contributed by atoms with van der Waals surface area (Å²) in [4.78, 5) is 28.5. The van der Waals surface area contributed by atoms with Crippen molar-refractivity contribution in [3.63, 3.8) is 0 Å². The van der Waals surface area contributed by atoms with E-state index in [9.17, 15) is 22.4 Å². The van der Waals surface area contributed by atoms with Gasteiger partial charge in [0.25, 0.3) is 0 Å². The molecule has 0 radical (unpaired) electrons. The number of hydrogen-bond donors (Lipinski definition) is 1. The molecule has 2 aromatic rings. The molecule has 1 N–H and O–H groups in total. The van der Waals surface area contributed by atoms with Crippen molar-refractivity contribution in [3.05, 3.63) is 65.0 Å². The Morgan fingerprint density at radius 2 is 1.66 bits per heavy atom. The summed E-state index contributed by atoms with van der Waals surface area (Å²) < 4.78 is 42.4. The predicted molar refractivity (Wildman–Crippen MR) is 147 cm³/mol. The van der Waals surface area contributed by atoms with Gasteiger partial charge >= 0.3 is 10.2 Å². The lowest BCUT2D eigenvalue weighted by Gasteiger charge is -2.34. The van der Waals surface area contributed by atoms with Crippen molar-refractivity contribution >= 4 is 27.7 Å². The standard InChI is InChI=1S/C28H39FN4O4S/c1-20-11-12-21(2)26(17-20)33(38(36,37)31(4)5)19-27(34)32(18-23-13-15-24(29)16-14-23)22(3)28(35)30-25-9-7-6-8-10-25/h11-17,22,25H,6-10,18-19H2,1-5H3,(H,30,35)/t22-/m1/s1. The van der Waals surface area contributed by atoms with Gasteiger partial charge in [-0.05, 0) is 68.5 Å². The molecular weight excluding hydrogens is 507 g/mol.